The number of aromatic nitrogens is 4. The summed E-state index contributed by atoms with van der Waals surface area (Å²) in [5.41, 5.74) is 2.87. The van der Waals surface area contributed by atoms with Crippen molar-refractivity contribution in [1.29, 1.82) is 0 Å². The van der Waals surface area contributed by atoms with Crippen molar-refractivity contribution in [1.82, 2.24) is 19.9 Å². The average molecular weight is 279 g/mol. The number of nitrogens with zero attached hydrogens (tertiary/aromatic N) is 5. The van der Waals surface area contributed by atoms with Crippen molar-refractivity contribution in [2.45, 2.75) is 13.5 Å². The minimum absolute atomic E-state index is 0.544. The second-order valence-electron chi connectivity index (χ2n) is 4.14. The maximum absolute atomic E-state index is 4.35. The molecule has 0 aliphatic rings. The third-order valence-corrected chi connectivity index (χ3v) is 3.43. The number of thiazole rings is 1. The lowest BCUT2D eigenvalue weighted by Crippen LogP contribution is -2.16. The van der Waals surface area contributed by atoms with Crippen molar-refractivity contribution >= 4 is 29.2 Å². The summed E-state index contributed by atoms with van der Waals surface area (Å²) in [6.45, 7) is 2.65. The van der Waals surface area contributed by atoms with Crippen LogP contribution >= 0.6 is 11.3 Å². The van der Waals surface area contributed by atoms with E-state index < -0.39 is 0 Å². The first-order chi connectivity index (χ1) is 9.10. The van der Waals surface area contributed by atoms with E-state index in [0.29, 0.717) is 24.4 Å². The van der Waals surface area contributed by atoms with E-state index in [0.717, 1.165) is 5.69 Å². The average Bonchev–Trinajstić information content (AvgIpc) is 2.81. The molecule has 0 saturated carbocycles. The highest BCUT2D eigenvalue weighted by Gasteiger charge is 2.08. The molecule has 0 aromatic carbocycles. The lowest BCUT2D eigenvalue weighted by molar-refractivity contribution is 0.945. The van der Waals surface area contributed by atoms with Crippen molar-refractivity contribution in [3.63, 3.8) is 0 Å². The van der Waals surface area contributed by atoms with Gasteiger partial charge in [-0.15, -0.1) is 11.3 Å². The molecular formula is C11H17N7S. The van der Waals surface area contributed by atoms with Crippen molar-refractivity contribution in [3.8, 4) is 0 Å². The van der Waals surface area contributed by atoms with E-state index in [4.69, 9.17) is 0 Å². The van der Waals surface area contributed by atoms with E-state index >= 15 is 0 Å². The van der Waals surface area contributed by atoms with Gasteiger partial charge in [0.1, 0.15) is 0 Å². The molecular weight excluding hydrogens is 262 g/mol. The Bertz CT molecular complexity index is 552. The zero-order valence-corrected chi connectivity index (χ0v) is 12.2. The Morgan fingerprint density at radius 1 is 1.21 bits per heavy atom. The SMILES string of the molecule is CNc1nc(NCc2scnc2C)nc(N(C)C)n1. The molecule has 0 spiro atoms. The molecule has 0 bridgehead atoms. The molecule has 2 aromatic rings. The third kappa shape index (κ3) is 3.28. The van der Waals surface area contributed by atoms with Crippen molar-refractivity contribution in [3.05, 3.63) is 16.1 Å². The van der Waals surface area contributed by atoms with Crippen LogP contribution in [0.15, 0.2) is 5.51 Å². The van der Waals surface area contributed by atoms with Gasteiger partial charge in [0.25, 0.3) is 0 Å². The second kappa shape index (κ2) is 5.79. The van der Waals surface area contributed by atoms with Crippen molar-refractivity contribution in [2.75, 3.05) is 36.7 Å². The standard InChI is InChI=1S/C11H17N7S/c1-7-8(19-6-14-7)5-13-10-15-9(12-2)16-11(17-10)18(3)4/h6H,5H2,1-4H3,(H2,12,13,15,16,17). The number of hydrogen-bond acceptors (Lipinski definition) is 8. The van der Waals surface area contributed by atoms with Crippen LogP contribution in [0.5, 0.6) is 0 Å². The third-order valence-electron chi connectivity index (χ3n) is 2.50. The minimum atomic E-state index is 0.544. The van der Waals surface area contributed by atoms with E-state index in [1.807, 2.05) is 31.4 Å². The molecule has 2 N–H and O–H groups in total. The largest absolute Gasteiger partial charge is 0.357 e. The van der Waals surface area contributed by atoms with Gasteiger partial charge in [-0.3, -0.25) is 0 Å². The van der Waals surface area contributed by atoms with Gasteiger partial charge in [-0.1, -0.05) is 0 Å². The summed E-state index contributed by atoms with van der Waals surface area (Å²) in [6, 6.07) is 0. The van der Waals surface area contributed by atoms with Crippen LogP contribution in [0.25, 0.3) is 0 Å². The fourth-order valence-corrected chi connectivity index (χ4v) is 2.13. The Balaban J connectivity index is 2.15. The van der Waals surface area contributed by atoms with Gasteiger partial charge in [0, 0.05) is 26.0 Å². The first kappa shape index (κ1) is 13.5. The quantitative estimate of drug-likeness (QED) is 0.855. The fourth-order valence-electron chi connectivity index (χ4n) is 1.41. The minimum Gasteiger partial charge on any atom is -0.357 e. The molecule has 2 rings (SSSR count). The number of nitrogens with one attached hydrogen (secondary N) is 2. The highest BCUT2D eigenvalue weighted by Crippen LogP contribution is 2.15. The van der Waals surface area contributed by atoms with Crippen molar-refractivity contribution in [2.24, 2.45) is 0 Å². The van der Waals surface area contributed by atoms with Crippen LogP contribution in [-0.2, 0) is 6.54 Å². The van der Waals surface area contributed by atoms with E-state index in [9.17, 15) is 0 Å². The monoisotopic (exact) mass is 279 g/mol. The van der Waals surface area contributed by atoms with E-state index in [2.05, 4.69) is 30.6 Å². The first-order valence-electron chi connectivity index (χ1n) is 5.84. The van der Waals surface area contributed by atoms with Crippen LogP contribution < -0.4 is 15.5 Å². The molecule has 0 unspecified atom stereocenters. The van der Waals surface area contributed by atoms with Gasteiger partial charge in [-0.2, -0.15) is 15.0 Å². The second-order valence-corrected chi connectivity index (χ2v) is 5.08. The summed E-state index contributed by atoms with van der Waals surface area (Å²) in [7, 11) is 5.57. The molecule has 0 saturated heterocycles. The predicted molar refractivity (Wildman–Crippen MR) is 77.9 cm³/mol. The number of anilines is 3. The lowest BCUT2D eigenvalue weighted by Gasteiger charge is -2.13. The fraction of sp³-hybridized carbons (Fsp3) is 0.455. The van der Waals surface area contributed by atoms with Gasteiger partial charge in [-0.25, -0.2) is 4.98 Å². The smallest absolute Gasteiger partial charge is 0.231 e. The van der Waals surface area contributed by atoms with Crippen LogP contribution in [0, 0.1) is 6.92 Å². The number of hydrogen-bond donors (Lipinski definition) is 2. The van der Waals surface area contributed by atoms with Gasteiger partial charge < -0.3 is 15.5 Å². The molecule has 7 nitrogen and oxygen atoms in total. The highest BCUT2D eigenvalue weighted by atomic mass is 32.1. The maximum atomic E-state index is 4.35. The van der Waals surface area contributed by atoms with E-state index in [1.165, 1.54) is 4.88 Å². The van der Waals surface area contributed by atoms with Gasteiger partial charge in [0.2, 0.25) is 17.8 Å². The lowest BCUT2D eigenvalue weighted by atomic mass is 10.4. The number of aryl methyl sites for hydroxylation is 1. The van der Waals surface area contributed by atoms with Gasteiger partial charge >= 0.3 is 0 Å². The zero-order chi connectivity index (χ0) is 13.8. The Kier molecular flexibility index (Phi) is 4.10. The van der Waals surface area contributed by atoms with E-state index in [1.54, 1.807) is 18.4 Å². The molecule has 0 radical (unpaired) electrons. The zero-order valence-electron chi connectivity index (χ0n) is 11.4. The van der Waals surface area contributed by atoms with Crippen LogP contribution in [-0.4, -0.2) is 41.1 Å². The van der Waals surface area contributed by atoms with Crippen LogP contribution in [0.3, 0.4) is 0 Å². The molecule has 102 valence electrons. The van der Waals surface area contributed by atoms with Gasteiger partial charge in [0.15, 0.2) is 0 Å². The Labute approximate surface area is 116 Å². The molecule has 0 aliphatic heterocycles. The Hall–Kier alpha value is -1.96. The normalized spacial score (nSPS) is 10.3. The molecule has 8 heteroatoms. The van der Waals surface area contributed by atoms with Crippen LogP contribution in [0.4, 0.5) is 17.8 Å². The Morgan fingerprint density at radius 3 is 2.53 bits per heavy atom. The number of rotatable bonds is 5. The summed E-state index contributed by atoms with van der Waals surface area (Å²) in [5, 5.41) is 6.13. The molecule has 2 aromatic heterocycles. The molecule has 19 heavy (non-hydrogen) atoms. The topological polar surface area (TPSA) is 78.9 Å². The molecule has 0 aliphatic carbocycles. The van der Waals surface area contributed by atoms with Crippen molar-refractivity contribution < 1.29 is 0 Å². The van der Waals surface area contributed by atoms with E-state index in [-0.39, 0.29) is 0 Å². The predicted octanol–water partition coefficient (Wildman–Crippen LogP) is 1.36. The first-order valence-corrected chi connectivity index (χ1v) is 6.72. The molecule has 0 atom stereocenters. The maximum Gasteiger partial charge on any atom is 0.231 e. The van der Waals surface area contributed by atoms with Crippen LogP contribution in [0.2, 0.25) is 0 Å². The molecule has 0 amide bonds. The summed E-state index contributed by atoms with van der Waals surface area (Å²) in [4.78, 5) is 20.1. The molecule has 0 fully saturated rings. The summed E-state index contributed by atoms with van der Waals surface area (Å²) >= 11 is 1.62. The van der Waals surface area contributed by atoms with Crippen LogP contribution in [0.1, 0.15) is 10.6 Å². The molecule has 2 heterocycles. The van der Waals surface area contributed by atoms with Gasteiger partial charge in [-0.05, 0) is 6.92 Å². The highest BCUT2D eigenvalue weighted by molar-refractivity contribution is 7.09. The Morgan fingerprint density at radius 2 is 1.95 bits per heavy atom. The summed E-state index contributed by atoms with van der Waals surface area (Å²) < 4.78 is 0. The van der Waals surface area contributed by atoms with Gasteiger partial charge in [0.05, 0.1) is 17.7 Å². The summed E-state index contributed by atoms with van der Waals surface area (Å²) in [6.07, 6.45) is 0. The summed E-state index contributed by atoms with van der Waals surface area (Å²) in [5.74, 6) is 1.71.